The van der Waals surface area contributed by atoms with E-state index in [0.717, 1.165) is 18.9 Å². The average Bonchev–Trinajstić information content (AvgIpc) is 2.51. The SMILES string of the molecule is C/C=C/CCCC(=O)OC.COC(=O)CCC/C=C/C(=O)O. The maximum absolute atomic E-state index is 10.5. The zero-order valence-corrected chi connectivity index (χ0v) is 13.5. The van der Waals surface area contributed by atoms with Crippen molar-refractivity contribution in [1.29, 1.82) is 0 Å². The maximum atomic E-state index is 10.5. The van der Waals surface area contributed by atoms with Gasteiger partial charge >= 0.3 is 17.9 Å². The number of carbonyl (C=O) groups is 3. The first-order valence-electron chi connectivity index (χ1n) is 7.12. The largest absolute Gasteiger partial charge is 0.478 e. The molecule has 0 heterocycles. The molecular weight excluding hydrogens is 288 g/mol. The van der Waals surface area contributed by atoms with Crippen LogP contribution < -0.4 is 0 Å². The fraction of sp³-hybridized carbons (Fsp3) is 0.562. The van der Waals surface area contributed by atoms with Gasteiger partial charge in [0.05, 0.1) is 14.2 Å². The Morgan fingerprint density at radius 1 is 0.909 bits per heavy atom. The molecular formula is C16H26O6. The van der Waals surface area contributed by atoms with E-state index < -0.39 is 5.97 Å². The molecule has 0 rings (SSSR count). The summed E-state index contributed by atoms with van der Waals surface area (Å²) in [5.74, 6) is -1.35. The van der Waals surface area contributed by atoms with Gasteiger partial charge in [-0.2, -0.15) is 0 Å². The van der Waals surface area contributed by atoms with Crippen LogP contribution in [-0.2, 0) is 23.9 Å². The van der Waals surface area contributed by atoms with E-state index in [0.29, 0.717) is 25.7 Å². The Morgan fingerprint density at radius 3 is 1.73 bits per heavy atom. The molecule has 0 aromatic rings. The second kappa shape index (κ2) is 16.9. The van der Waals surface area contributed by atoms with Crippen molar-refractivity contribution in [1.82, 2.24) is 0 Å². The van der Waals surface area contributed by atoms with Crippen LogP contribution in [0.1, 0.15) is 45.4 Å². The Labute approximate surface area is 131 Å². The first-order valence-corrected chi connectivity index (χ1v) is 7.12. The van der Waals surface area contributed by atoms with Crippen LogP contribution in [0.5, 0.6) is 0 Å². The van der Waals surface area contributed by atoms with Crippen molar-refractivity contribution in [3.63, 3.8) is 0 Å². The second-order valence-electron chi connectivity index (χ2n) is 4.25. The van der Waals surface area contributed by atoms with Crippen LogP contribution in [0.15, 0.2) is 24.3 Å². The lowest BCUT2D eigenvalue weighted by Gasteiger charge is -1.94. The molecule has 126 valence electrons. The summed E-state index contributed by atoms with van der Waals surface area (Å²) in [6.45, 7) is 1.97. The van der Waals surface area contributed by atoms with Crippen LogP contribution >= 0.6 is 0 Å². The molecule has 6 heteroatoms. The highest BCUT2D eigenvalue weighted by Gasteiger charge is 1.97. The van der Waals surface area contributed by atoms with Gasteiger partial charge in [-0.05, 0) is 32.6 Å². The standard InChI is InChI=1S/C8H12O4.C8H14O2/c1-12-8(11)6-4-2-3-5-7(9)10;1-3-4-5-6-7-8(9)10-2/h3,5H,2,4,6H2,1H3,(H,9,10);3-4H,5-7H2,1-2H3/b5-3+;4-3+. The predicted octanol–water partition coefficient (Wildman–Crippen LogP) is 2.88. The third-order valence-electron chi connectivity index (χ3n) is 2.45. The molecule has 0 saturated heterocycles. The number of carbonyl (C=O) groups excluding carboxylic acids is 2. The van der Waals surface area contributed by atoms with Crippen molar-refractivity contribution >= 4 is 17.9 Å². The van der Waals surface area contributed by atoms with Crippen LogP contribution in [0.3, 0.4) is 0 Å². The van der Waals surface area contributed by atoms with Crippen LogP contribution in [0.4, 0.5) is 0 Å². The number of esters is 2. The van der Waals surface area contributed by atoms with Crippen molar-refractivity contribution in [3.8, 4) is 0 Å². The molecule has 0 unspecified atom stereocenters. The van der Waals surface area contributed by atoms with Crippen LogP contribution in [0, 0.1) is 0 Å². The molecule has 0 saturated carbocycles. The summed E-state index contributed by atoms with van der Waals surface area (Å²) in [6.07, 6.45) is 10.5. The summed E-state index contributed by atoms with van der Waals surface area (Å²) in [4.78, 5) is 31.0. The molecule has 0 aliphatic rings. The molecule has 0 bridgehead atoms. The van der Waals surface area contributed by atoms with Gasteiger partial charge in [-0.15, -0.1) is 0 Å². The van der Waals surface area contributed by atoms with Gasteiger partial charge in [-0.25, -0.2) is 4.79 Å². The molecule has 0 amide bonds. The molecule has 0 atom stereocenters. The molecule has 0 aromatic heterocycles. The van der Waals surface area contributed by atoms with Crippen LogP contribution in [-0.4, -0.2) is 37.2 Å². The zero-order valence-electron chi connectivity index (χ0n) is 13.5. The fourth-order valence-corrected chi connectivity index (χ4v) is 1.28. The van der Waals surface area contributed by atoms with E-state index in [2.05, 4.69) is 9.47 Å². The molecule has 0 spiro atoms. The quantitative estimate of drug-likeness (QED) is 0.304. The van der Waals surface area contributed by atoms with E-state index in [9.17, 15) is 14.4 Å². The summed E-state index contributed by atoms with van der Waals surface area (Å²) in [5.41, 5.74) is 0. The van der Waals surface area contributed by atoms with Crippen molar-refractivity contribution in [2.45, 2.75) is 45.4 Å². The molecule has 1 N–H and O–H groups in total. The number of aliphatic carboxylic acids is 1. The second-order valence-corrected chi connectivity index (χ2v) is 4.25. The van der Waals surface area contributed by atoms with E-state index in [4.69, 9.17) is 5.11 Å². The normalized spacial score (nSPS) is 10.1. The Hall–Kier alpha value is -2.11. The first-order chi connectivity index (χ1) is 10.5. The number of allylic oxidation sites excluding steroid dienone is 3. The van der Waals surface area contributed by atoms with Crippen molar-refractivity contribution in [2.24, 2.45) is 0 Å². The molecule has 0 aliphatic heterocycles. The van der Waals surface area contributed by atoms with Gasteiger partial charge < -0.3 is 14.6 Å². The van der Waals surface area contributed by atoms with Gasteiger partial charge in [-0.1, -0.05) is 18.2 Å². The lowest BCUT2D eigenvalue weighted by molar-refractivity contribution is -0.141. The number of ether oxygens (including phenoxy) is 2. The van der Waals surface area contributed by atoms with Crippen LogP contribution in [0.2, 0.25) is 0 Å². The highest BCUT2D eigenvalue weighted by Crippen LogP contribution is 1.98. The molecule has 22 heavy (non-hydrogen) atoms. The number of unbranched alkanes of at least 4 members (excludes halogenated alkanes) is 2. The molecule has 0 fully saturated rings. The smallest absolute Gasteiger partial charge is 0.327 e. The summed E-state index contributed by atoms with van der Waals surface area (Å²) < 4.78 is 8.87. The van der Waals surface area contributed by atoms with Crippen molar-refractivity contribution in [3.05, 3.63) is 24.3 Å². The lowest BCUT2D eigenvalue weighted by Crippen LogP contribution is -1.98. The van der Waals surface area contributed by atoms with Gasteiger partial charge in [0.25, 0.3) is 0 Å². The van der Waals surface area contributed by atoms with Gasteiger partial charge in [-0.3, -0.25) is 9.59 Å². The van der Waals surface area contributed by atoms with Crippen molar-refractivity contribution < 1.29 is 29.0 Å². The number of rotatable bonds is 9. The molecule has 0 aliphatic carbocycles. The topological polar surface area (TPSA) is 89.9 Å². The third kappa shape index (κ3) is 20.2. The monoisotopic (exact) mass is 314 g/mol. The summed E-state index contributed by atoms with van der Waals surface area (Å²) >= 11 is 0. The van der Waals surface area contributed by atoms with Gasteiger partial charge in [0.15, 0.2) is 0 Å². The number of hydrogen-bond acceptors (Lipinski definition) is 5. The minimum atomic E-state index is -0.965. The first kappa shape index (κ1) is 22.2. The molecule has 0 aromatic carbocycles. The summed E-state index contributed by atoms with van der Waals surface area (Å²) in [6, 6.07) is 0. The van der Waals surface area contributed by atoms with Gasteiger partial charge in [0, 0.05) is 18.9 Å². The zero-order chi connectivity index (χ0) is 17.2. The van der Waals surface area contributed by atoms with E-state index >= 15 is 0 Å². The highest BCUT2D eigenvalue weighted by atomic mass is 16.5. The number of methoxy groups -OCH3 is 2. The Kier molecular flexibility index (Phi) is 17.1. The van der Waals surface area contributed by atoms with Gasteiger partial charge in [0.2, 0.25) is 0 Å². The fourth-order valence-electron chi connectivity index (χ4n) is 1.28. The van der Waals surface area contributed by atoms with Gasteiger partial charge in [0.1, 0.15) is 0 Å². The summed E-state index contributed by atoms with van der Waals surface area (Å²) in [7, 11) is 2.74. The molecule has 0 radical (unpaired) electrons. The minimum absolute atomic E-state index is 0.121. The van der Waals surface area contributed by atoms with E-state index in [1.165, 1.54) is 20.3 Å². The predicted molar refractivity (Wildman–Crippen MR) is 83.3 cm³/mol. The Balaban J connectivity index is 0. The Bertz CT molecular complexity index is 371. The minimum Gasteiger partial charge on any atom is -0.478 e. The van der Waals surface area contributed by atoms with E-state index in [-0.39, 0.29) is 11.9 Å². The number of carboxylic acids is 1. The third-order valence-corrected chi connectivity index (χ3v) is 2.45. The van der Waals surface area contributed by atoms with E-state index in [1.807, 2.05) is 19.1 Å². The number of carboxylic acid groups (broad SMARTS) is 1. The van der Waals surface area contributed by atoms with Crippen LogP contribution in [0.25, 0.3) is 0 Å². The lowest BCUT2D eigenvalue weighted by atomic mass is 10.2. The summed E-state index contributed by atoms with van der Waals surface area (Å²) in [5, 5.41) is 8.19. The van der Waals surface area contributed by atoms with Crippen molar-refractivity contribution in [2.75, 3.05) is 14.2 Å². The average molecular weight is 314 g/mol. The van der Waals surface area contributed by atoms with E-state index in [1.54, 1.807) is 0 Å². The maximum Gasteiger partial charge on any atom is 0.327 e. The Morgan fingerprint density at radius 2 is 1.36 bits per heavy atom. The highest BCUT2D eigenvalue weighted by molar-refractivity contribution is 5.79. The molecule has 6 nitrogen and oxygen atoms in total. The number of hydrogen-bond donors (Lipinski definition) is 1.